The molecule has 0 aliphatic carbocycles. The zero-order chi connectivity index (χ0) is 20.9. The summed E-state index contributed by atoms with van der Waals surface area (Å²) >= 11 is 5.05. The van der Waals surface area contributed by atoms with Gasteiger partial charge in [-0.1, -0.05) is 41.4 Å². The number of carbonyl (C=O) groups excluding carboxylic acids is 1. The Morgan fingerprint density at radius 3 is 2.77 bits per heavy atom. The van der Waals surface area contributed by atoms with Crippen LogP contribution >= 0.6 is 27.3 Å². The maximum absolute atomic E-state index is 12.3. The Hall–Kier alpha value is -2.63. The van der Waals surface area contributed by atoms with Gasteiger partial charge in [-0.2, -0.15) is 0 Å². The third-order valence-corrected chi connectivity index (χ3v) is 6.29. The van der Waals surface area contributed by atoms with Crippen molar-refractivity contribution in [2.75, 3.05) is 0 Å². The van der Waals surface area contributed by atoms with Gasteiger partial charge in [0.2, 0.25) is 0 Å². The van der Waals surface area contributed by atoms with Gasteiger partial charge in [0.05, 0.1) is 4.88 Å². The molecule has 0 unspecified atom stereocenters. The highest BCUT2D eigenvalue weighted by atomic mass is 79.9. The molecular weight excluding hydrogens is 460 g/mol. The summed E-state index contributed by atoms with van der Waals surface area (Å²) in [5.74, 6) is 2.13. The quantitative estimate of drug-likeness (QED) is 0.191. The van der Waals surface area contributed by atoms with Gasteiger partial charge in [0.1, 0.15) is 23.9 Å². The van der Waals surface area contributed by atoms with E-state index in [9.17, 15) is 4.79 Å². The molecule has 3 nitrogen and oxygen atoms in total. The molecule has 0 bridgehead atoms. The highest BCUT2D eigenvalue weighted by Gasteiger charge is 2.07. The number of ketones is 1. The highest BCUT2D eigenvalue weighted by molar-refractivity contribution is 9.10. The van der Waals surface area contributed by atoms with Crippen molar-refractivity contribution in [1.82, 2.24) is 0 Å². The highest BCUT2D eigenvalue weighted by Crippen LogP contribution is 2.25. The van der Waals surface area contributed by atoms with Gasteiger partial charge in [-0.25, -0.2) is 0 Å². The molecule has 2 aromatic heterocycles. The van der Waals surface area contributed by atoms with E-state index < -0.39 is 0 Å². The SMILES string of the molecule is CCCc1ccc(C(=O)/C=C/c2ccc(COc3ccc4cc(Br)ccc4c3)o2)s1. The standard InChI is InChI=1S/C25H21BrO3S/c1-2-3-23-11-13-25(30-23)24(27)12-10-20-8-9-22(29-20)16-28-21-7-5-17-14-19(26)6-4-18(17)15-21/h4-15H,2-3,16H2,1H3/b12-10+. The van der Waals surface area contributed by atoms with Crippen LogP contribution in [0.3, 0.4) is 0 Å². The molecule has 0 aliphatic rings. The molecule has 0 atom stereocenters. The fraction of sp³-hybridized carbons (Fsp3) is 0.160. The number of allylic oxidation sites excluding steroid dienone is 1. The zero-order valence-electron chi connectivity index (χ0n) is 16.6. The fourth-order valence-corrected chi connectivity index (χ4v) is 4.54. The van der Waals surface area contributed by atoms with Crippen LogP contribution in [0.25, 0.3) is 16.8 Å². The second kappa shape index (κ2) is 9.45. The summed E-state index contributed by atoms with van der Waals surface area (Å²) in [5.41, 5.74) is 0. The van der Waals surface area contributed by atoms with Gasteiger partial charge in [0, 0.05) is 9.35 Å². The molecule has 0 spiro atoms. The maximum atomic E-state index is 12.3. The average Bonchev–Trinajstić information content (AvgIpc) is 3.40. The van der Waals surface area contributed by atoms with Gasteiger partial charge in [0.25, 0.3) is 0 Å². The molecule has 2 aromatic carbocycles. The van der Waals surface area contributed by atoms with Crippen LogP contribution in [0.1, 0.15) is 39.4 Å². The lowest BCUT2D eigenvalue weighted by Gasteiger charge is -2.06. The van der Waals surface area contributed by atoms with E-state index in [0.29, 0.717) is 18.1 Å². The minimum absolute atomic E-state index is 0.000599. The Kier molecular flexibility index (Phi) is 6.50. The summed E-state index contributed by atoms with van der Waals surface area (Å²) in [6.07, 6.45) is 5.36. The maximum Gasteiger partial charge on any atom is 0.195 e. The normalized spacial score (nSPS) is 11.4. The molecule has 2 heterocycles. The second-order valence-electron chi connectivity index (χ2n) is 6.96. The molecule has 5 heteroatoms. The largest absolute Gasteiger partial charge is 0.486 e. The van der Waals surface area contributed by atoms with Crippen LogP contribution in [0, 0.1) is 0 Å². The van der Waals surface area contributed by atoms with Gasteiger partial charge in [-0.05, 0) is 77.9 Å². The number of furan rings is 1. The lowest BCUT2D eigenvalue weighted by atomic mass is 10.1. The summed E-state index contributed by atoms with van der Waals surface area (Å²) in [7, 11) is 0. The topological polar surface area (TPSA) is 39.4 Å². The minimum Gasteiger partial charge on any atom is -0.486 e. The summed E-state index contributed by atoms with van der Waals surface area (Å²) in [4.78, 5) is 14.3. The van der Waals surface area contributed by atoms with Crippen molar-refractivity contribution in [2.24, 2.45) is 0 Å². The number of thiophene rings is 1. The summed E-state index contributed by atoms with van der Waals surface area (Å²) in [6, 6.07) is 19.8. The molecule has 0 saturated carbocycles. The van der Waals surface area contributed by atoms with Gasteiger partial charge in [0.15, 0.2) is 5.78 Å². The Bertz CT molecular complexity index is 1200. The average molecular weight is 481 g/mol. The van der Waals surface area contributed by atoms with Crippen molar-refractivity contribution in [3.05, 3.63) is 92.5 Å². The van der Waals surface area contributed by atoms with Crippen molar-refractivity contribution in [3.63, 3.8) is 0 Å². The smallest absolute Gasteiger partial charge is 0.195 e. The number of rotatable bonds is 8. The Morgan fingerprint density at radius 1 is 1.07 bits per heavy atom. The molecule has 152 valence electrons. The molecule has 0 radical (unpaired) electrons. The van der Waals surface area contributed by atoms with Crippen molar-refractivity contribution in [2.45, 2.75) is 26.4 Å². The number of ether oxygens (including phenoxy) is 1. The molecule has 30 heavy (non-hydrogen) atoms. The molecule has 0 fully saturated rings. The molecule has 0 aliphatic heterocycles. The second-order valence-corrected chi connectivity index (χ2v) is 9.04. The first-order valence-corrected chi connectivity index (χ1v) is 11.4. The number of benzene rings is 2. The molecule has 0 N–H and O–H groups in total. The minimum atomic E-state index is -0.000599. The molecule has 4 rings (SSSR count). The first-order chi connectivity index (χ1) is 14.6. The van der Waals surface area contributed by atoms with Gasteiger partial charge in [-0.15, -0.1) is 11.3 Å². The van der Waals surface area contributed by atoms with E-state index >= 15 is 0 Å². The van der Waals surface area contributed by atoms with Crippen molar-refractivity contribution in [1.29, 1.82) is 0 Å². The number of aryl methyl sites for hydroxylation is 1. The Balaban J connectivity index is 1.36. The van der Waals surface area contributed by atoms with Crippen LogP contribution in [0.5, 0.6) is 5.75 Å². The third-order valence-electron chi connectivity index (χ3n) is 4.64. The fourth-order valence-electron chi connectivity index (χ4n) is 3.13. The Labute approximate surface area is 188 Å². The van der Waals surface area contributed by atoms with E-state index in [-0.39, 0.29) is 5.78 Å². The predicted molar refractivity (Wildman–Crippen MR) is 126 cm³/mol. The lowest BCUT2D eigenvalue weighted by molar-refractivity contribution is 0.105. The molecule has 4 aromatic rings. The van der Waals surface area contributed by atoms with Crippen LogP contribution in [-0.4, -0.2) is 5.78 Å². The number of hydrogen-bond acceptors (Lipinski definition) is 4. The van der Waals surface area contributed by atoms with Gasteiger partial charge < -0.3 is 9.15 Å². The van der Waals surface area contributed by atoms with Crippen LogP contribution in [0.4, 0.5) is 0 Å². The van der Waals surface area contributed by atoms with Crippen molar-refractivity contribution in [3.8, 4) is 5.75 Å². The van der Waals surface area contributed by atoms with Crippen LogP contribution in [0.15, 0.2) is 75.6 Å². The van der Waals surface area contributed by atoms with Crippen LogP contribution in [0.2, 0.25) is 0 Å². The van der Waals surface area contributed by atoms with Crippen LogP contribution in [-0.2, 0) is 13.0 Å². The number of carbonyl (C=O) groups is 1. The Morgan fingerprint density at radius 2 is 1.90 bits per heavy atom. The predicted octanol–water partition coefficient (Wildman–Crippen LogP) is 7.68. The van der Waals surface area contributed by atoms with E-state index in [4.69, 9.17) is 9.15 Å². The van der Waals surface area contributed by atoms with Gasteiger partial charge in [-0.3, -0.25) is 4.79 Å². The van der Waals surface area contributed by atoms with Crippen LogP contribution < -0.4 is 4.74 Å². The van der Waals surface area contributed by atoms with E-state index in [1.54, 1.807) is 23.5 Å². The molecular formula is C25H21BrO3S. The monoisotopic (exact) mass is 480 g/mol. The summed E-state index contributed by atoms with van der Waals surface area (Å²) in [5, 5.41) is 2.27. The zero-order valence-corrected chi connectivity index (χ0v) is 19.0. The first kappa shape index (κ1) is 20.6. The summed E-state index contributed by atoms with van der Waals surface area (Å²) < 4.78 is 12.7. The van der Waals surface area contributed by atoms with Crippen molar-refractivity contribution >= 4 is 49.9 Å². The lowest BCUT2D eigenvalue weighted by Crippen LogP contribution is -1.93. The van der Waals surface area contributed by atoms with E-state index in [1.807, 2.05) is 48.5 Å². The third kappa shape index (κ3) is 5.10. The summed E-state index contributed by atoms with van der Waals surface area (Å²) in [6.45, 7) is 2.47. The van der Waals surface area contributed by atoms with Crippen molar-refractivity contribution < 1.29 is 13.9 Å². The van der Waals surface area contributed by atoms with E-state index in [2.05, 4.69) is 35.0 Å². The number of halogens is 1. The molecule has 0 saturated heterocycles. The first-order valence-electron chi connectivity index (χ1n) is 9.82. The van der Waals surface area contributed by atoms with E-state index in [0.717, 1.165) is 38.7 Å². The van der Waals surface area contributed by atoms with E-state index in [1.165, 1.54) is 4.88 Å². The number of hydrogen-bond donors (Lipinski definition) is 0. The van der Waals surface area contributed by atoms with Gasteiger partial charge >= 0.3 is 0 Å². The number of fused-ring (bicyclic) bond motifs is 1. The molecule has 0 amide bonds.